The van der Waals surface area contributed by atoms with Crippen molar-refractivity contribution in [1.29, 1.82) is 0 Å². The quantitative estimate of drug-likeness (QED) is 0.460. The van der Waals surface area contributed by atoms with E-state index in [1.807, 2.05) is 13.8 Å². The molecule has 11 heteroatoms. The summed E-state index contributed by atoms with van der Waals surface area (Å²) in [6.45, 7) is 4.89. The number of halogens is 2. The second-order valence-electron chi connectivity index (χ2n) is 8.21. The van der Waals surface area contributed by atoms with E-state index in [-0.39, 0.29) is 24.2 Å². The Morgan fingerprint density at radius 2 is 1.74 bits per heavy atom. The van der Waals surface area contributed by atoms with E-state index in [0.717, 1.165) is 17.0 Å². The number of nitrogens with zero attached hydrogens (tertiary/aromatic N) is 2. The van der Waals surface area contributed by atoms with Crippen molar-refractivity contribution in [2.75, 3.05) is 24.2 Å². The first kappa shape index (κ1) is 28.7. The highest BCUT2D eigenvalue weighted by atomic mass is 35.5. The van der Waals surface area contributed by atoms with Crippen molar-refractivity contribution in [3.63, 3.8) is 0 Å². The van der Waals surface area contributed by atoms with Crippen LogP contribution in [0.25, 0.3) is 0 Å². The fourth-order valence-electron chi connectivity index (χ4n) is 3.31. The lowest BCUT2D eigenvalue weighted by Gasteiger charge is -2.32. The maximum Gasteiger partial charge on any atom is 0.244 e. The molecule has 8 nitrogen and oxygen atoms in total. The molecule has 0 aliphatic heterocycles. The van der Waals surface area contributed by atoms with Crippen molar-refractivity contribution in [2.45, 2.75) is 45.8 Å². The summed E-state index contributed by atoms with van der Waals surface area (Å²) in [5.41, 5.74) is 0.858. The number of nitrogens with one attached hydrogen (secondary N) is 1. The predicted molar refractivity (Wildman–Crippen MR) is 140 cm³/mol. The molecule has 0 aliphatic carbocycles. The smallest absolute Gasteiger partial charge is 0.244 e. The molecule has 0 unspecified atom stereocenters. The van der Waals surface area contributed by atoms with E-state index in [1.54, 1.807) is 49.4 Å². The molecular weight excluding hydrogens is 513 g/mol. The van der Waals surface area contributed by atoms with E-state index in [1.165, 1.54) is 12.0 Å². The average Bonchev–Trinajstić information content (AvgIpc) is 2.81. The van der Waals surface area contributed by atoms with Gasteiger partial charge in [0.15, 0.2) is 0 Å². The van der Waals surface area contributed by atoms with E-state index in [0.29, 0.717) is 21.4 Å². The van der Waals surface area contributed by atoms with Gasteiger partial charge >= 0.3 is 0 Å². The molecule has 35 heavy (non-hydrogen) atoms. The van der Waals surface area contributed by atoms with Crippen LogP contribution in [0.1, 0.15) is 32.8 Å². The Labute approximate surface area is 217 Å². The number of benzene rings is 2. The molecule has 0 fully saturated rings. The molecule has 0 spiro atoms. The highest BCUT2D eigenvalue weighted by Crippen LogP contribution is 2.30. The topological polar surface area (TPSA) is 96.0 Å². The molecule has 2 rings (SSSR count). The van der Waals surface area contributed by atoms with Crippen LogP contribution < -0.4 is 14.4 Å². The SMILES string of the molecule is CC[C@H](C)NC(=O)[C@@H](C)N(Cc1ccc(Cl)c(Cl)c1)C(=O)CN(c1ccccc1OC)S(C)(=O)=O. The summed E-state index contributed by atoms with van der Waals surface area (Å²) in [5.74, 6) is -0.625. The van der Waals surface area contributed by atoms with Crippen molar-refractivity contribution in [3.05, 3.63) is 58.1 Å². The molecule has 2 aromatic rings. The molecule has 1 N–H and O–H groups in total. The van der Waals surface area contributed by atoms with Crippen LogP contribution in [0.5, 0.6) is 5.75 Å². The summed E-state index contributed by atoms with van der Waals surface area (Å²) in [6.07, 6.45) is 1.73. The number of para-hydroxylation sites is 2. The maximum atomic E-state index is 13.6. The number of sulfonamides is 1. The minimum atomic E-state index is -3.87. The van der Waals surface area contributed by atoms with Crippen molar-refractivity contribution in [1.82, 2.24) is 10.2 Å². The molecule has 0 saturated carbocycles. The van der Waals surface area contributed by atoms with Crippen LogP contribution in [0, 0.1) is 0 Å². The Morgan fingerprint density at radius 1 is 1.09 bits per heavy atom. The lowest BCUT2D eigenvalue weighted by Crippen LogP contribution is -2.52. The van der Waals surface area contributed by atoms with Crippen LogP contribution in [0.3, 0.4) is 0 Å². The van der Waals surface area contributed by atoms with Crippen LogP contribution in [-0.2, 0) is 26.2 Å². The molecule has 192 valence electrons. The summed E-state index contributed by atoms with van der Waals surface area (Å²) in [6, 6.07) is 10.4. The zero-order chi connectivity index (χ0) is 26.3. The third-order valence-electron chi connectivity index (χ3n) is 5.54. The third-order valence-corrected chi connectivity index (χ3v) is 7.40. The number of hydrogen-bond acceptors (Lipinski definition) is 5. The standard InChI is InChI=1S/C24H31Cl2N3O5S/c1-6-16(2)27-24(31)17(3)28(14-18-11-12-19(25)20(26)13-18)23(30)15-29(35(5,32)33)21-9-7-8-10-22(21)34-4/h7-13,16-17H,6,14-15H2,1-5H3,(H,27,31)/t16-,17+/m0/s1. The molecule has 2 atom stereocenters. The minimum Gasteiger partial charge on any atom is -0.495 e. The van der Waals surface area contributed by atoms with Gasteiger partial charge in [0.2, 0.25) is 21.8 Å². The molecule has 2 aromatic carbocycles. The minimum absolute atomic E-state index is 0.0222. The van der Waals surface area contributed by atoms with Crippen LogP contribution in [0.2, 0.25) is 10.0 Å². The second kappa shape index (κ2) is 12.5. The molecular formula is C24H31Cl2N3O5S. The van der Waals surface area contributed by atoms with Crippen molar-refractivity contribution >= 4 is 50.7 Å². The summed E-state index contributed by atoms with van der Waals surface area (Å²) in [7, 11) is -2.45. The summed E-state index contributed by atoms with van der Waals surface area (Å²) in [5, 5.41) is 3.53. The predicted octanol–water partition coefficient (Wildman–Crippen LogP) is 4.10. The van der Waals surface area contributed by atoms with Gasteiger partial charge in [0, 0.05) is 12.6 Å². The Kier molecular flexibility index (Phi) is 10.2. The highest BCUT2D eigenvalue weighted by molar-refractivity contribution is 7.92. The molecule has 0 saturated heterocycles. The van der Waals surface area contributed by atoms with E-state index in [9.17, 15) is 18.0 Å². The Bertz CT molecular complexity index is 1160. The van der Waals surface area contributed by atoms with Crippen LogP contribution >= 0.6 is 23.2 Å². The van der Waals surface area contributed by atoms with E-state index in [2.05, 4.69) is 5.32 Å². The normalized spacial score (nSPS) is 13.0. The van der Waals surface area contributed by atoms with Gasteiger partial charge in [-0.2, -0.15) is 0 Å². The van der Waals surface area contributed by atoms with Gasteiger partial charge in [0.25, 0.3) is 0 Å². The largest absolute Gasteiger partial charge is 0.495 e. The number of ether oxygens (including phenoxy) is 1. The lowest BCUT2D eigenvalue weighted by molar-refractivity contribution is -0.139. The summed E-state index contributed by atoms with van der Waals surface area (Å²) < 4.78 is 31.6. The van der Waals surface area contributed by atoms with Gasteiger partial charge in [0.05, 0.1) is 29.1 Å². The Morgan fingerprint density at radius 3 is 2.31 bits per heavy atom. The third kappa shape index (κ3) is 7.75. The summed E-state index contributed by atoms with van der Waals surface area (Å²) >= 11 is 12.2. The van der Waals surface area contributed by atoms with Gasteiger partial charge in [-0.25, -0.2) is 8.42 Å². The van der Waals surface area contributed by atoms with Gasteiger partial charge in [0.1, 0.15) is 18.3 Å². The first-order chi connectivity index (χ1) is 16.4. The number of carbonyl (C=O) groups excluding carboxylic acids is 2. The number of carbonyl (C=O) groups is 2. The Balaban J connectivity index is 2.45. The number of amides is 2. The zero-order valence-electron chi connectivity index (χ0n) is 20.4. The lowest BCUT2D eigenvalue weighted by atomic mass is 10.1. The molecule has 0 aromatic heterocycles. The van der Waals surface area contributed by atoms with Gasteiger partial charge in [-0.15, -0.1) is 0 Å². The number of hydrogen-bond donors (Lipinski definition) is 1. The summed E-state index contributed by atoms with van der Waals surface area (Å²) in [4.78, 5) is 27.8. The Hall–Kier alpha value is -2.49. The van der Waals surface area contributed by atoms with E-state index in [4.69, 9.17) is 27.9 Å². The second-order valence-corrected chi connectivity index (χ2v) is 10.9. The molecule has 0 radical (unpaired) electrons. The highest BCUT2D eigenvalue weighted by Gasteiger charge is 2.31. The molecule has 0 bridgehead atoms. The maximum absolute atomic E-state index is 13.6. The van der Waals surface area contributed by atoms with Crippen molar-refractivity contribution in [2.24, 2.45) is 0 Å². The van der Waals surface area contributed by atoms with Crippen molar-refractivity contribution < 1.29 is 22.7 Å². The van der Waals surface area contributed by atoms with Crippen LogP contribution in [0.4, 0.5) is 5.69 Å². The van der Waals surface area contributed by atoms with Crippen molar-refractivity contribution in [3.8, 4) is 5.75 Å². The number of anilines is 1. The van der Waals surface area contributed by atoms with Crippen LogP contribution in [-0.4, -0.2) is 57.1 Å². The molecule has 2 amide bonds. The van der Waals surface area contributed by atoms with E-state index >= 15 is 0 Å². The fraction of sp³-hybridized carbons (Fsp3) is 0.417. The number of rotatable bonds is 11. The fourth-order valence-corrected chi connectivity index (χ4v) is 4.49. The monoisotopic (exact) mass is 543 g/mol. The van der Waals surface area contributed by atoms with Crippen LogP contribution in [0.15, 0.2) is 42.5 Å². The average molecular weight is 545 g/mol. The first-order valence-electron chi connectivity index (χ1n) is 11.0. The van der Waals surface area contributed by atoms with Gasteiger partial charge < -0.3 is 15.0 Å². The zero-order valence-corrected chi connectivity index (χ0v) is 22.7. The van der Waals surface area contributed by atoms with Gasteiger partial charge in [-0.1, -0.05) is 48.3 Å². The molecule has 0 aliphatic rings. The van der Waals surface area contributed by atoms with Gasteiger partial charge in [-0.05, 0) is 50.1 Å². The molecule has 0 heterocycles. The first-order valence-corrected chi connectivity index (χ1v) is 13.6. The van der Waals surface area contributed by atoms with Gasteiger partial charge in [-0.3, -0.25) is 13.9 Å². The number of methoxy groups -OCH3 is 1. The van der Waals surface area contributed by atoms with E-state index < -0.39 is 28.5 Å².